The van der Waals surface area contributed by atoms with Crippen molar-refractivity contribution in [2.24, 2.45) is 0 Å². The molecule has 2 aromatic carbocycles. The molecule has 1 unspecified atom stereocenters. The molecule has 0 aliphatic heterocycles. The Morgan fingerprint density at radius 1 is 1.12 bits per heavy atom. The van der Waals surface area contributed by atoms with Crippen LogP contribution < -0.4 is 5.32 Å². The Hall–Kier alpha value is -0.990. The lowest BCUT2D eigenvalue weighted by molar-refractivity contribution is 0.885. The summed E-state index contributed by atoms with van der Waals surface area (Å²) in [5.74, 6) is 0. The molecule has 0 radical (unpaired) electrons. The van der Waals surface area contributed by atoms with Crippen molar-refractivity contribution < 1.29 is 0 Å². The van der Waals surface area contributed by atoms with Crippen LogP contribution in [0.1, 0.15) is 18.5 Å². The first-order chi connectivity index (χ1) is 8.15. The van der Waals surface area contributed by atoms with Crippen molar-refractivity contribution in [2.45, 2.75) is 13.0 Å². The molecule has 0 bridgehead atoms. The molecule has 2 aromatic rings. The maximum atomic E-state index is 5.87. The maximum absolute atomic E-state index is 5.87. The minimum Gasteiger partial charge on any atom is -0.378 e. The molecular weight excluding hydrogens is 298 g/mol. The molecule has 1 atom stereocenters. The van der Waals surface area contributed by atoms with Crippen molar-refractivity contribution in [3.05, 3.63) is 63.6 Å². The Bertz CT molecular complexity index is 496. The lowest BCUT2D eigenvalue weighted by atomic mass is 10.1. The molecule has 88 valence electrons. The molecule has 0 aliphatic carbocycles. The summed E-state index contributed by atoms with van der Waals surface area (Å²) in [7, 11) is 0. The molecular formula is C14H13BrClN. The Labute approximate surface area is 115 Å². The summed E-state index contributed by atoms with van der Waals surface area (Å²) >= 11 is 9.33. The SMILES string of the molecule is CC(Nc1cccc(Br)c1)c1ccc(Cl)cc1. The Morgan fingerprint density at radius 2 is 1.82 bits per heavy atom. The number of benzene rings is 2. The molecule has 0 aromatic heterocycles. The lowest BCUT2D eigenvalue weighted by Gasteiger charge is -2.16. The maximum Gasteiger partial charge on any atom is 0.0485 e. The highest BCUT2D eigenvalue weighted by Gasteiger charge is 2.04. The molecule has 3 heteroatoms. The van der Waals surface area contributed by atoms with Gasteiger partial charge in [-0.15, -0.1) is 0 Å². The molecule has 0 saturated heterocycles. The van der Waals surface area contributed by atoms with E-state index in [4.69, 9.17) is 11.6 Å². The Kier molecular flexibility index (Phi) is 4.08. The van der Waals surface area contributed by atoms with Crippen molar-refractivity contribution in [3.8, 4) is 0 Å². The second-order valence-corrected chi connectivity index (χ2v) is 5.28. The topological polar surface area (TPSA) is 12.0 Å². The van der Waals surface area contributed by atoms with E-state index in [1.807, 2.05) is 36.4 Å². The minimum absolute atomic E-state index is 0.251. The number of hydrogen-bond donors (Lipinski definition) is 1. The quantitative estimate of drug-likeness (QED) is 0.813. The van der Waals surface area contributed by atoms with Crippen molar-refractivity contribution in [2.75, 3.05) is 5.32 Å². The smallest absolute Gasteiger partial charge is 0.0485 e. The van der Waals surface area contributed by atoms with Gasteiger partial charge < -0.3 is 5.32 Å². The fourth-order valence-electron chi connectivity index (χ4n) is 1.66. The predicted octanol–water partition coefficient (Wildman–Crippen LogP) is 5.28. The first-order valence-corrected chi connectivity index (χ1v) is 6.60. The zero-order valence-corrected chi connectivity index (χ0v) is 11.8. The summed E-state index contributed by atoms with van der Waals surface area (Å²) in [4.78, 5) is 0. The van der Waals surface area contributed by atoms with Crippen LogP contribution in [-0.2, 0) is 0 Å². The van der Waals surface area contributed by atoms with Crippen molar-refractivity contribution in [1.82, 2.24) is 0 Å². The number of hydrogen-bond acceptors (Lipinski definition) is 1. The van der Waals surface area contributed by atoms with Crippen molar-refractivity contribution in [3.63, 3.8) is 0 Å². The van der Waals surface area contributed by atoms with Crippen LogP contribution in [0, 0.1) is 0 Å². The van der Waals surface area contributed by atoms with E-state index >= 15 is 0 Å². The normalized spacial score (nSPS) is 12.2. The predicted molar refractivity (Wildman–Crippen MR) is 77.6 cm³/mol. The Morgan fingerprint density at radius 3 is 2.47 bits per heavy atom. The van der Waals surface area contributed by atoms with Crippen LogP contribution in [-0.4, -0.2) is 0 Å². The summed E-state index contributed by atoms with van der Waals surface area (Å²) in [6, 6.07) is 16.3. The van der Waals surface area contributed by atoms with Gasteiger partial charge in [0.15, 0.2) is 0 Å². The molecule has 1 N–H and O–H groups in total. The van der Waals surface area contributed by atoms with Gasteiger partial charge in [0.25, 0.3) is 0 Å². The van der Waals surface area contributed by atoms with Crippen LogP contribution in [0.4, 0.5) is 5.69 Å². The van der Waals surface area contributed by atoms with E-state index in [-0.39, 0.29) is 6.04 Å². The Balaban J connectivity index is 2.11. The van der Waals surface area contributed by atoms with Gasteiger partial charge in [-0.2, -0.15) is 0 Å². The van der Waals surface area contributed by atoms with Crippen LogP contribution in [0.25, 0.3) is 0 Å². The molecule has 0 saturated carbocycles. The van der Waals surface area contributed by atoms with Gasteiger partial charge in [-0.25, -0.2) is 0 Å². The van der Waals surface area contributed by atoms with Gasteiger partial charge in [0.1, 0.15) is 0 Å². The third-order valence-electron chi connectivity index (χ3n) is 2.58. The summed E-state index contributed by atoms with van der Waals surface area (Å²) < 4.78 is 1.07. The first-order valence-electron chi connectivity index (χ1n) is 5.43. The molecule has 0 aliphatic rings. The molecule has 0 heterocycles. The van der Waals surface area contributed by atoms with E-state index in [0.717, 1.165) is 15.2 Å². The number of anilines is 1. The second kappa shape index (κ2) is 5.56. The second-order valence-electron chi connectivity index (χ2n) is 3.93. The largest absolute Gasteiger partial charge is 0.378 e. The van der Waals surface area contributed by atoms with Gasteiger partial charge in [0, 0.05) is 21.2 Å². The van der Waals surface area contributed by atoms with E-state index in [1.54, 1.807) is 0 Å². The highest BCUT2D eigenvalue weighted by atomic mass is 79.9. The average molecular weight is 311 g/mol. The summed E-state index contributed by atoms with van der Waals surface area (Å²) in [5, 5.41) is 4.21. The fourth-order valence-corrected chi connectivity index (χ4v) is 2.19. The van der Waals surface area contributed by atoms with Gasteiger partial charge >= 0.3 is 0 Å². The molecule has 0 fully saturated rings. The van der Waals surface area contributed by atoms with Gasteiger partial charge in [0.05, 0.1) is 0 Å². The molecule has 1 nitrogen and oxygen atoms in total. The average Bonchev–Trinajstić information content (AvgIpc) is 2.29. The summed E-state index contributed by atoms with van der Waals surface area (Å²) in [6.45, 7) is 2.13. The standard InChI is InChI=1S/C14H13BrClN/c1-10(11-5-7-13(16)8-6-11)17-14-4-2-3-12(15)9-14/h2-10,17H,1H3. The third-order valence-corrected chi connectivity index (χ3v) is 3.32. The van der Waals surface area contributed by atoms with E-state index in [2.05, 4.69) is 40.3 Å². The van der Waals surface area contributed by atoms with Gasteiger partial charge in [-0.3, -0.25) is 0 Å². The van der Waals surface area contributed by atoms with Gasteiger partial charge in [0.2, 0.25) is 0 Å². The van der Waals surface area contributed by atoms with Crippen molar-refractivity contribution >= 4 is 33.2 Å². The van der Waals surface area contributed by atoms with E-state index < -0.39 is 0 Å². The van der Waals surface area contributed by atoms with Crippen LogP contribution in [0.5, 0.6) is 0 Å². The van der Waals surface area contributed by atoms with Crippen LogP contribution in [0.2, 0.25) is 5.02 Å². The van der Waals surface area contributed by atoms with E-state index in [1.165, 1.54) is 5.56 Å². The van der Waals surface area contributed by atoms with E-state index in [0.29, 0.717) is 0 Å². The third kappa shape index (κ3) is 3.48. The monoisotopic (exact) mass is 309 g/mol. The number of nitrogens with one attached hydrogen (secondary N) is 1. The molecule has 2 rings (SSSR count). The highest BCUT2D eigenvalue weighted by Crippen LogP contribution is 2.22. The van der Waals surface area contributed by atoms with Crippen LogP contribution in [0.3, 0.4) is 0 Å². The molecule has 0 spiro atoms. The highest BCUT2D eigenvalue weighted by molar-refractivity contribution is 9.10. The zero-order valence-electron chi connectivity index (χ0n) is 9.45. The van der Waals surface area contributed by atoms with Crippen LogP contribution in [0.15, 0.2) is 53.0 Å². The van der Waals surface area contributed by atoms with Crippen LogP contribution >= 0.6 is 27.5 Å². The summed E-state index contributed by atoms with van der Waals surface area (Å²) in [5.41, 5.74) is 2.32. The summed E-state index contributed by atoms with van der Waals surface area (Å²) in [6.07, 6.45) is 0. The van der Waals surface area contributed by atoms with Gasteiger partial charge in [-0.1, -0.05) is 45.7 Å². The van der Waals surface area contributed by atoms with Crippen molar-refractivity contribution in [1.29, 1.82) is 0 Å². The fraction of sp³-hybridized carbons (Fsp3) is 0.143. The number of rotatable bonds is 3. The molecule has 17 heavy (non-hydrogen) atoms. The zero-order chi connectivity index (χ0) is 12.3. The molecule has 0 amide bonds. The van der Waals surface area contributed by atoms with Gasteiger partial charge in [-0.05, 0) is 42.8 Å². The first kappa shape index (κ1) is 12.5. The minimum atomic E-state index is 0.251. The van der Waals surface area contributed by atoms with E-state index in [9.17, 15) is 0 Å². The lowest BCUT2D eigenvalue weighted by Crippen LogP contribution is -2.06. The number of halogens is 2.